The lowest BCUT2D eigenvalue weighted by Gasteiger charge is -2.34. The zero-order valence-corrected chi connectivity index (χ0v) is 23.7. The van der Waals surface area contributed by atoms with Gasteiger partial charge in [-0.3, -0.25) is 4.90 Å². The molecule has 0 radical (unpaired) electrons. The number of sulfonamides is 1. The van der Waals surface area contributed by atoms with Gasteiger partial charge in [-0.05, 0) is 60.5 Å². The molecule has 41 heavy (non-hydrogen) atoms. The van der Waals surface area contributed by atoms with Crippen molar-refractivity contribution in [2.24, 2.45) is 5.73 Å². The van der Waals surface area contributed by atoms with Crippen LogP contribution in [-0.2, 0) is 23.1 Å². The fraction of sp³-hybridized carbons (Fsp3) is 0.310. The van der Waals surface area contributed by atoms with Crippen LogP contribution < -0.4 is 10.5 Å². The number of aryl methyl sites for hydroxylation is 1. The Morgan fingerprint density at radius 1 is 0.951 bits per heavy atom. The lowest BCUT2D eigenvalue weighted by molar-refractivity contribution is -0.274. The third-order valence-corrected chi connectivity index (χ3v) is 9.54. The van der Waals surface area contributed by atoms with E-state index in [-0.39, 0.29) is 15.7 Å². The first-order valence-corrected chi connectivity index (χ1v) is 15.0. The van der Waals surface area contributed by atoms with Gasteiger partial charge >= 0.3 is 6.36 Å². The van der Waals surface area contributed by atoms with Crippen LogP contribution in [0.3, 0.4) is 0 Å². The average molecular weight is 607 g/mol. The highest BCUT2D eigenvalue weighted by atomic mass is 35.5. The molecule has 4 aromatic rings. The van der Waals surface area contributed by atoms with E-state index in [1.54, 1.807) is 30.3 Å². The van der Waals surface area contributed by atoms with Gasteiger partial charge in [-0.25, -0.2) is 8.42 Å². The number of piperazine rings is 1. The van der Waals surface area contributed by atoms with E-state index < -0.39 is 16.4 Å². The number of nitrogens with zero attached hydrogens (tertiary/aromatic N) is 3. The van der Waals surface area contributed by atoms with E-state index >= 15 is 0 Å². The first-order chi connectivity index (χ1) is 19.5. The number of nitrogens with two attached hydrogens (primary N) is 1. The van der Waals surface area contributed by atoms with Crippen LogP contribution >= 0.6 is 11.6 Å². The van der Waals surface area contributed by atoms with Crippen molar-refractivity contribution >= 4 is 32.5 Å². The first-order valence-electron chi connectivity index (χ1n) is 13.2. The maximum absolute atomic E-state index is 13.1. The fourth-order valence-electron chi connectivity index (χ4n) is 5.13. The van der Waals surface area contributed by atoms with Gasteiger partial charge in [0.15, 0.2) is 0 Å². The highest BCUT2D eigenvalue weighted by molar-refractivity contribution is 7.89. The number of alkyl halides is 3. The molecule has 0 atom stereocenters. The van der Waals surface area contributed by atoms with Gasteiger partial charge in [-0.1, -0.05) is 41.9 Å². The summed E-state index contributed by atoms with van der Waals surface area (Å²) >= 11 is 6.16. The van der Waals surface area contributed by atoms with E-state index in [4.69, 9.17) is 17.3 Å². The lowest BCUT2D eigenvalue weighted by atomic mass is 10.0. The average Bonchev–Trinajstić information content (AvgIpc) is 3.29. The van der Waals surface area contributed by atoms with Gasteiger partial charge in [-0.2, -0.15) is 4.31 Å². The topological polar surface area (TPSA) is 80.8 Å². The Balaban J connectivity index is 1.35. The van der Waals surface area contributed by atoms with Gasteiger partial charge in [-0.15, -0.1) is 13.2 Å². The summed E-state index contributed by atoms with van der Waals surface area (Å²) in [5.41, 5.74) is 9.46. The second kappa shape index (κ2) is 12.0. The number of aromatic nitrogens is 1. The molecule has 1 aliphatic rings. The molecule has 0 bridgehead atoms. The number of halogens is 4. The first kappa shape index (κ1) is 29.4. The smallest absolute Gasteiger partial charge is 0.406 e. The molecule has 0 unspecified atom stereocenters. The number of hydrogen-bond donors (Lipinski definition) is 1. The van der Waals surface area contributed by atoms with Crippen molar-refractivity contribution in [1.82, 2.24) is 13.8 Å². The number of benzene rings is 3. The van der Waals surface area contributed by atoms with Crippen LogP contribution in [0.1, 0.15) is 12.0 Å². The highest BCUT2D eigenvalue weighted by Crippen LogP contribution is 2.34. The zero-order valence-electron chi connectivity index (χ0n) is 22.1. The summed E-state index contributed by atoms with van der Waals surface area (Å²) in [6, 6.07) is 18.5. The fourth-order valence-corrected chi connectivity index (χ4v) is 7.05. The van der Waals surface area contributed by atoms with Gasteiger partial charge in [0, 0.05) is 61.9 Å². The predicted molar refractivity (Wildman–Crippen MR) is 153 cm³/mol. The Hall–Kier alpha value is -3.09. The summed E-state index contributed by atoms with van der Waals surface area (Å²) in [6.45, 7) is 3.70. The van der Waals surface area contributed by atoms with Crippen molar-refractivity contribution in [1.29, 1.82) is 0 Å². The normalized spacial score (nSPS) is 15.4. The molecule has 0 amide bonds. The number of fused-ring (bicyclic) bond motifs is 1. The van der Waals surface area contributed by atoms with E-state index in [0.717, 1.165) is 34.0 Å². The minimum absolute atomic E-state index is 0.116. The molecule has 1 saturated heterocycles. The van der Waals surface area contributed by atoms with Crippen molar-refractivity contribution in [3.63, 3.8) is 0 Å². The molecule has 1 aliphatic heterocycles. The molecule has 2 N–H and O–H groups in total. The Labute approximate surface area is 241 Å². The van der Waals surface area contributed by atoms with E-state index in [9.17, 15) is 21.6 Å². The molecule has 5 rings (SSSR count). The second-order valence-electron chi connectivity index (χ2n) is 9.91. The number of rotatable bonds is 9. The van der Waals surface area contributed by atoms with Crippen LogP contribution in [0.15, 0.2) is 77.8 Å². The van der Waals surface area contributed by atoms with E-state index in [1.807, 2.05) is 12.3 Å². The third kappa shape index (κ3) is 6.70. The lowest BCUT2D eigenvalue weighted by Crippen LogP contribution is -2.48. The van der Waals surface area contributed by atoms with E-state index in [2.05, 4.69) is 26.3 Å². The van der Waals surface area contributed by atoms with Gasteiger partial charge < -0.3 is 15.0 Å². The largest absolute Gasteiger partial charge is 0.573 e. The second-order valence-corrected chi connectivity index (χ2v) is 12.2. The summed E-state index contributed by atoms with van der Waals surface area (Å²) in [6.07, 6.45) is -1.97. The molecule has 0 spiro atoms. The van der Waals surface area contributed by atoms with Crippen molar-refractivity contribution in [3.8, 4) is 16.9 Å². The summed E-state index contributed by atoms with van der Waals surface area (Å²) in [4.78, 5) is 2.32. The van der Waals surface area contributed by atoms with Crippen molar-refractivity contribution < 1.29 is 26.3 Å². The van der Waals surface area contributed by atoms with E-state index in [0.29, 0.717) is 45.8 Å². The molecule has 218 valence electrons. The van der Waals surface area contributed by atoms with Crippen LogP contribution in [0.4, 0.5) is 13.2 Å². The third-order valence-electron chi connectivity index (χ3n) is 7.14. The maximum atomic E-state index is 13.1. The molecule has 1 aromatic heterocycles. The maximum Gasteiger partial charge on any atom is 0.573 e. The minimum atomic E-state index is -4.75. The van der Waals surface area contributed by atoms with Gasteiger partial charge in [0.2, 0.25) is 10.0 Å². The Kier molecular flexibility index (Phi) is 8.62. The van der Waals surface area contributed by atoms with Crippen molar-refractivity contribution in [2.75, 3.05) is 32.7 Å². The van der Waals surface area contributed by atoms with Crippen molar-refractivity contribution in [3.05, 3.63) is 83.5 Å². The molecular formula is C29H30ClF3N4O3S. The number of hydrogen-bond acceptors (Lipinski definition) is 5. The van der Waals surface area contributed by atoms with Gasteiger partial charge in [0.25, 0.3) is 0 Å². The zero-order chi connectivity index (χ0) is 29.2. The van der Waals surface area contributed by atoms with Crippen LogP contribution in [0.2, 0.25) is 5.02 Å². The minimum Gasteiger partial charge on any atom is -0.406 e. The summed E-state index contributed by atoms with van der Waals surface area (Å²) in [5.74, 6) is -0.274. The molecule has 7 nitrogen and oxygen atoms in total. The number of ether oxygens (including phenoxy) is 1. The highest BCUT2D eigenvalue weighted by Gasteiger charge is 2.31. The molecule has 12 heteroatoms. The van der Waals surface area contributed by atoms with Crippen LogP contribution in [0.5, 0.6) is 5.75 Å². The van der Waals surface area contributed by atoms with Crippen molar-refractivity contribution in [2.45, 2.75) is 30.8 Å². The van der Waals surface area contributed by atoms with Gasteiger partial charge in [0.1, 0.15) is 10.6 Å². The molecule has 0 saturated carbocycles. The molecular weight excluding hydrogens is 577 g/mol. The molecule has 1 fully saturated rings. The SMILES string of the molecule is NCCCn1cc(-c2ccc(OC(F)(F)F)cc2)c2cc(CN3CCN(S(=O)(=O)c4ccccc4Cl)CC3)ccc21. The van der Waals surface area contributed by atoms with Crippen LogP contribution in [0, 0.1) is 0 Å². The van der Waals surface area contributed by atoms with E-state index in [1.165, 1.54) is 22.5 Å². The quantitative estimate of drug-likeness (QED) is 0.264. The Bertz CT molecular complexity index is 1620. The van der Waals surface area contributed by atoms with Crippen LogP contribution in [-0.4, -0.2) is 61.3 Å². The standard InChI is InChI=1S/C29H30ClF3N4O3S/c30-26-4-1-2-5-28(26)41(38,39)37-16-14-35(15-17-37)19-21-6-11-27-24(18-21)25(20-36(27)13-3-12-34)22-7-9-23(10-8-22)40-29(31,32)33/h1-2,4-11,18,20H,3,12-17,19,34H2. The summed E-state index contributed by atoms with van der Waals surface area (Å²) in [7, 11) is -3.68. The predicted octanol–water partition coefficient (Wildman–Crippen LogP) is 5.72. The Morgan fingerprint density at radius 2 is 1.66 bits per heavy atom. The summed E-state index contributed by atoms with van der Waals surface area (Å²) in [5, 5.41) is 1.18. The monoisotopic (exact) mass is 606 g/mol. The molecule has 2 heterocycles. The molecule has 0 aliphatic carbocycles. The summed E-state index contributed by atoms with van der Waals surface area (Å²) < 4.78 is 71.7. The Morgan fingerprint density at radius 3 is 2.32 bits per heavy atom. The molecule has 3 aromatic carbocycles. The van der Waals surface area contributed by atoms with Gasteiger partial charge in [0.05, 0.1) is 5.02 Å². The van der Waals surface area contributed by atoms with Crippen LogP contribution in [0.25, 0.3) is 22.0 Å².